The van der Waals surface area contributed by atoms with Crippen molar-refractivity contribution in [3.8, 4) is 0 Å². The number of hydrogen-bond donors (Lipinski definition) is 3. The molecular formula is C35H53F2N9O2. The molecule has 6 heterocycles. The largest absolute Gasteiger partial charge is 0.381 e. The van der Waals surface area contributed by atoms with Gasteiger partial charge < -0.3 is 26.2 Å². The summed E-state index contributed by atoms with van der Waals surface area (Å²) in [5.74, 6) is -0.955. The van der Waals surface area contributed by atoms with Gasteiger partial charge in [-0.3, -0.25) is 14.5 Å². The summed E-state index contributed by atoms with van der Waals surface area (Å²) in [7, 11) is 0. The molecule has 0 radical (unpaired) electrons. The lowest BCUT2D eigenvalue weighted by Gasteiger charge is -2.53. The molecule has 4 aliphatic heterocycles. The molecule has 1 saturated carbocycles. The van der Waals surface area contributed by atoms with Gasteiger partial charge in [0.05, 0.1) is 30.0 Å². The van der Waals surface area contributed by atoms with Crippen molar-refractivity contribution in [2.24, 2.45) is 5.92 Å². The number of nitrogens with zero attached hydrogens (tertiary/aromatic N) is 6. The Balaban J connectivity index is 1.07. The molecular weight excluding hydrogens is 616 g/mol. The van der Waals surface area contributed by atoms with Gasteiger partial charge >= 0.3 is 0 Å². The number of rotatable bonds is 5. The lowest BCUT2D eigenvalue weighted by atomic mass is 9.73. The normalized spacial score (nSPS) is 28.7. The number of aromatic nitrogens is 3. The maximum absolute atomic E-state index is 17.4. The predicted molar refractivity (Wildman–Crippen MR) is 180 cm³/mol. The van der Waals surface area contributed by atoms with Gasteiger partial charge in [0.2, 0.25) is 5.91 Å². The van der Waals surface area contributed by atoms with Crippen LogP contribution in [-0.2, 0) is 4.79 Å². The second-order valence-electron chi connectivity index (χ2n) is 15.0. The van der Waals surface area contributed by atoms with Gasteiger partial charge in [-0.1, -0.05) is 44.9 Å². The van der Waals surface area contributed by atoms with Crippen molar-refractivity contribution in [3.63, 3.8) is 0 Å². The molecule has 264 valence electrons. The van der Waals surface area contributed by atoms with Gasteiger partial charge in [0.1, 0.15) is 11.7 Å². The summed E-state index contributed by atoms with van der Waals surface area (Å²) < 4.78 is 32.4. The van der Waals surface area contributed by atoms with Crippen LogP contribution in [0.2, 0.25) is 0 Å². The first-order valence-corrected chi connectivity index (χ1v) is 18.6. The number of anilines is 1. The molecule has 2 aromatic rings. The van der Waals surface area contributed by atoms with E-state index < -0.39 is 35.5 Å². The number of carbonyl (C=O) groups is 2. The average Bonchev–Trinajstić information content (AvgIpc) is 3.40. The van der Waals surface area contributed by atoms with E-state index in [2.05, 4.69) is 35.4 Å². The number of amides is 2. The van der Waals surface area contributed by atoms with Crippen LogP contribution in [0.5, 0.6) is 0 Å². The van der Waals surface area contributed by atoms with Crippen LogP contribution in [0.15, 0.2) is 12.4 Å². The smallest absolute Gasteiger partial charge is 0.259 e. The Morgan fingerprint density at radius 2 is 1.56 bits per heavy atom. The molecule has 7 rings (SSSR count). The first kappa shape index (κ1) is 33.6. The van der Waals surface area contributed by atoms with Crippen LogP contribution in [0.3, 0.4) is 0 Å². The van der Waals surface area contributed by atoms with Crippen molar-refractivity contribution in [1.82, 2.24) is 39.9 Å². The Hall–Kier alpha value is -2.90. The fourth-order valence-electron chi connectivity index (χ4n) is 9.23. The Bertz CT molecular complexity index is 1420. The lowest BCUT2D eigenvalue weighted by Crippen LogP contribution is -2.73. The van der Waals surface area contributed by atoms with E-state index >= 15 is 4.39 Å². The van der Waals surface area contributed by atoms with Crippen LogP contribution < -0.4 is 16.4 Å². The highest BCUT2D eigenvalue weighted by molar-refractivity contribution is 6.04. The topological polar surface area (TPSA) is 124 Å². The molecule has 5 fully saturated rings. The summed E-state index contributed by atoms with van der Waals surface area (Å²) in [6, 6.07) is -0.494. The fraction of sp³-hybridized carbons (Fsp3) is 0.771. The van der Waals surface area contributed by atoms with Gasteiger partial charge in [-0.2, -0.15) is 0 Å². The zero-order valence-electron chi connectivity index (χ0n) is 28.2. The molecule has 13 heteroatoms. The van der Waals surface area contributed by atoms with Crippen molar-refractivity contribution in [2.45, 2.75) is 120 Å². The second-order valence-corrected chi connectivity index (χ2v) is 15.0. The van der Waals surface area contributed by atoms with Gasteiger partial charge in [-0.25, -0.2) is 18.3 Å². The van der Waals surface area contributed by atoms with Crippen molar-refractivity contribution < 1.29 is 18.4 Å². The molecule has 1 aliphatic carbocycles. The molecule has 3 unspecified atom stereocenters. The molecule has 0 bridgehead atoms. The molecule has 2 aromatic heterocycles. The van der Waals surface area contributed by atoms with Crippen molar-refractivity contribution in [2.75, 3.05) is 51.5 Å². The summed E-state index contributed by atoms with van der Waals surface area (Å²) in [6.07, 6.45) is 15.0. The van der Waals surface area contributed by atoms with Crippen LogP contribution in [0.4, 0.5) is 14.6 Å². The highest BCUT2D eigenvalue weighted by Gasteiger charge is 2.52. The third kappa shape index (κ3) is 6.79. The predicted octanol–water partition coefficient (Wildman–Crippen LogP) is 3.53. The zero-order chi connectivity index (χ0) is 33.3. The van der Waals surface area contributed by atoms with E-state index in [1.807, 2.05) is 0 Å². The quantitative estimate of drug-likeness (QED) is 0.442. The Kier molecular flexibility index (Phi) is 10.2. The van der Waals surface area contributed by atoms with E-state index in [0.29, 0.717) is 38.5 Å². The minimum absolute atomic E-state index is 0.0534. The first-order valence-electron chi connectivity index (χ1n) is 18.6. The second kappa shape index (κ2) is 14.5. The van der Waals surface area contributed by atoms with E-state index in [4.69, 9.17) is 5.73 Å². The van der Waals surface area contributed by atoms with Crippen LogP contribution in [0.25, 0.3) is 5.65 Å². The van der Waals surface area contributed by atoms with Crippen LogP contribution in [0.1, 0.15) is 100 Å². The van der Waals surface area contributed by atoms with E-state index in [1.165, 1.54) is 43.3 Å². The van der Waals surface area contributed by atoms with E-state index in [-0.39, 0.29) is 28.9 Å². The molecule has 3 atom stereocenters. The number of hydrogen-bond acceptors (Lipinski definition) is 8. The number of alkyl halides is 1. The number of likely N-dealkylation sites (tertiary alicyclic amines) is 3. The fourth-order valence-corrected chi connectivity index (χ4v) is 9.23. The third-order valence-corrected chi connectivity index (χ3v) is 12.2. The molecule has 5 aliphatic rings. The van der Waals surface area contributed by atoms with Crippen LogP contribution >= 0.6 is 0 Å². The highest BCUT2D eigenvalue weighted by Crippen LogP contribution is 2.38. The summed E-state index contributed by atoms with van der Waals surface area (Å²) >= 11 is 0. The molecule has 48 heavy (non-hydrogen) atoms. The number of nitrogens with two attached hydrogens (primary N) is 1. The van der Waals surface area contributed by atoms with Crippen molar-refractivity contribution >= 4 is 23.3 Å². The summed E-state index contributed by atoms with van der Waals surface area (Å²) in [5.41, 5.74) is 5.69. The van der Waals surface area contributed by atoms with Crippen molar-refractivity contribution in [1.29, 1.82) is 0 Å². The summed E-state index contributed by atoms with van der Waals surface area (Å²) in [6.45, 7) is 5.66. The van der Waals surface area contributed by atoms with Crippen molar-refractivity contribution in [3.05, 3.63) is 23.8 Å². The number of carbonyl (C=O) groups excluding carboxylic acids is 2. The van der Waals surface area contributed by atoms with Gasteiger partial charge in [-0.15, -0.1) is 5.10 Å². The van der Waals surface area contributed by atoms with Gasteiger partial charge in [0.15, 0.2) is 17.3 Å². The molecule has 11 nitrogen and oxygen atoms in total. The highest BCUT2D eigenvalue weighted by atomic mass is 19.1. The van der Waals surface area contributed by atoms with Gasteiger partial charge in [0.25, 0.3) is 5.91 Å². The third-order valence-electron chi connectivity index (χ3n) is 12.2. The molecule has 1 spiro atoms. The van der Waals surface area contributed by atoms with Crippen LogP contribution in [-0.4, -0.2) is 117 Å². The summed E-state index contributed by atoms with van der Waals surface area (Å²) in [5, 5.41) is 10.8. The maximum atomic E-state index is 17.4. The van der Waals surface area contributed by atoms with E-state index in [9.17, 15) is 14.0 Å². The Labute approximate surface area is 282 Å². The Morgan fingerprint density at radius 1 is 0.896 bits per heavy atom. The van der Waals surface area contributed by atoms with E-state index in [0.717, 1.165) is 76.8 Å². The van der Waals surface area contributed by atoms with E-state index in [1.54, 1.807) is 0 Å². The standard InChI is InChI=1S/C35H53F2N9O2/c36-25-21-39-32-28(31(38)42-46(32)23-25)33(47)41-27-22-40-35(13-6-4-2-1-3-5-7-14-35)30(37)29(27)44-17-9-24(10-18-44)34(48)45-19-11-26(12-20-45)43-15-8-16-43/h21,23-24,26-27,29-30,40H,1-20,22H2,(H2,38,42)(H,41,47). The maximum Gasteiger partial charge on any atom is 0.259 e. The first-order chi connectivity index (χ1) is 23.3. The van der Waals surface area contributed by atoms with Crippen LogP contribution in [0, 0.1) is 11.7 Å². The SMILES string of the molecule is Nc1nn2cc(F)cnc2c1C(=O)NC1CNC2(CCCCCCCCC2)C(F)C1N1CCC(C(=O)N2CCC(N3CCC3)CC2)CC1. The molecule has 0 aromatic carbocycles. The molecule has 4 saturated heterocycles. The monoisotopic (exact) mass is 669 g/mol. The summed E-state index contributed by atoms with van der Waals surface area (Å²) in [4.78, 5) is 38.3. The number of fused-ring (bicyclic) bond motifs is 1. The number of piperidine rings is 3. The Morgan fingerprint density at radius 3 is 2.21 bits per heavy atom. The average molecular weight is 670 g/mol. The van der Waals surface area contributed by atoms with Gasteiger partial charge in [-0.05, 0) is 71.1 Å². The lowest BCUT2D eigenvalue weighted by molar-refractivity contribution is -0.139. The number of nitrogens with one attached hydrogen (secondary N) is 2. The minimum atomic E-state index is -1.21. The number of halogens is 2. The minimum Gasteiger partial charge on any atom is -0.381 e. The molecule has 4 N–H and O–H groups in total. The molecule has 2 amide bonds. The van der Waals surface area contributed by atoms with Gasteiger partial charge in [0, 0.05) is 31.6 Å². The number of nitrogen functional groups attached to an aromatic ring is 1. The zero-order valence-corrected chi connectivity index (χ0v) is 28.2.